The number of cyclic esters (lactones) is 1. The first-order chi connectivity index (χ1) is 13.9. The largest absolute Gasteiger partial charge is 0.465 e. The van der Waals surface area contributed by atoms with E-state index in [-0.39, 0.29) is 40.7 Å². The molecule has 1 saturated heterocycles. The summed E-state index contributed by atoms with van der Waals surface area (Å²) in [5.41, 5.74) is -2.64. The van der Waals surface area contributed by atoms with Crippen molar-refractivity contribution < 1.29 is 22.7 Å². The van der Waals surface area contributed by atoms with E-state index in [1.165, 1.54) is 0 Å². The van der Waals surface area contributed by atoms with E-state index >= 15 is 0 Å². The Bertz CT molecular complexity index is 972. The lowest BCUT2D eigenvalue weighted by Gasteiger charge is -2.37. The molecule has 15 heteroatoms. The number of alkyl halides is 3. The third-order valence-corrected chi connectivity index (χ3v) is 5.93. The number of ether oxygens (including phenoxy) is 1. The van der Waals surface area contributed by atoms with Gasteiger partial charge in [-0.3, -0.25) is 4.79 Å². The van der Waals surface area contributed by atoms with Gasteiger partial charge in [-0.25, -0.2) is 9.97 Å². The molecular weight excluding hydrogens is 439 g/mol. The molecule has 30 heavy (non-hydrogen) atoms. The van der Waals surface area contributed by atoms with E-state index in [4.69, 9.17) is 39.9 Å². The van der Waals surface area contributed by atoms with Crippen molar-refractivity contribution in [2.24, 2.45) is 0 Å². The number of hydrogen-bond donors (Lipinski definition) is 2. The predicted octanol–water partition coefficient (Wildman–Crippen LogP) is 2.54. The van der Waals surface area contributed by atoms with Crippen molar-refractivity contribution >= 4 is 69.2 Å². The van der Waals surface area contributed by atoms with Crippen LogP contribution in [0.15, 0.2) is 6.20 Å². The quantitative estimate of drug-likeness (QED) is 0.516. The van der Waals surface area contributed by atoms with E-state index in [1.54, 1.807) is 6.92 Å². The van der Waals surface area contributed by atoms with Crippen molar-refractivity contribution in [3.05, 3.63) is 21.9 Å². The van der Waals surface area contributed by atoms with Crippen LogP contribution in [0.3, 0.4) is 0 Å². The van der Waals surface area contributed by atoms with Crippen molar-refractivity contribution in [3.8, 4) is 0 Å². The van der Waals surface area contributed by atoms with Crippen LogP contribution in [0.2, 0.25) is 10.3 Å². The van der Waals surface area contributed by atoms with Crippen LogP contribution >= 0.6 is 22.9 Å². The number of esters is 1. The zero-order valence-corrected chi connectivity index (χ0v) is 17.1. The smallest absolute Gasteiger partial charge is 0.421 e. The van der Waals surface area contributed by atoms with Gasteiger partial charge in [0.05, 0.1) is 30.1 Å². The molecule has 152 valence electrons. The van der Waals surface area contributed by atoms with Crippen molar-refractivity contribution in [3.63, 3.8) is 0 Å². The molecule has 0 spiro atoms. The summed E-state index contributed by atoms with van der Waals surface area (Å²) in [7, 11) is 17.5. The van der Waals surface area contributed by atoms with Crippen LogP contribution in [0.4, 0.5) is 29.9 Å². The number of anilines is 3. The molecule has 0 aliphatic carbocycles. The second-order valence-corrected chi connectivity index (χ2v) is 7.83. The summed E-state index contributed by atoms with van der Waals surface area (Å²) >= 11 is 7.04. The van der Waals surface area contributed by atoms with Gasteiger partial charge < -0.3 is 15.4 Å². The summed E-state index contributed by atoms with van der Waals surface area (Å²) < 4.78 is 44.3. The number of aromatic nitrogens is 3. The normalized spacial score (nSPS) is 19.6. The number of halogens is 4. The van der Waals surface area contributed by atoms with Crippen LogP contribution in [0.5, 0.6) is 0 Å². The van der Waals surface area contributed by atoms with Gasteiger partial charge in [0.1, 0.15) is 26.8 Å². The van der Waals surface area contributed by atoms with Gasteiger partial charge in [-0.2, -0.15) is 18.2 Å². The van der Waals surface area contributed by atoms with Gasteiger partial charge in [0.2, 0.25) is 5.95 Å². The Balaban J connectivity index is 1.97. The van der Waals surface area contributed by atoms with E-state index in [1.807, 2.05) is 0 Å². The number of thiazole rings is 1. The van der Waals surface area contributed by atoms with Crippen LogP contribution < -0.4 is 10.6 Å². The van der Waals surface area contributed by atoms with Gasteiger partial charge in [0, 0.05) is 19.2 Å². The lowest BCUT2D eigenvalue weighted by Crippen LogP contribution is -2.45. The average Bonchev–Trinajstić information content (AvgIpc) is 3.18. The molecule has 2 N–H and O–H groups in total. The van der Waals surface area contributed by atoms with Gasteiger partial charge in [-0.05, 0) is 6.92 Å². The molecule has 0 bridgehead atoms. The van der Waals surface area contributed by atoms with Crippen molar-refractivity contribution in [2.45, 2.75) is 30.0 Å². The molecule has 3 heterocycles. The molecule has 0 aromatic carbocycles. The highest BCUT2D eigenvalue weighted by Crippen LogP contribution is 2.51. The summed E-state index contributed by atoms with van der Waals surface area (Å²) in [5, 5.41) is 3.42. The Morgan fingerprint density at radius 1 is 1.33 bits per heavy atom. The van der Waals surface area contributed by atoms with E-state index in [0.29, 0.717) is 6.20 Å². The van der Waals surface area contributed by atoms with Crippen molar-refractivity contribution in [2.75, 3.05) is 23.8 Å². The number of nitrogens with zero attached hydrogens (tertiary/aromatic N) is 3. The van der Waals surface area contributed by atoms with Crippen LogP contribution in [0, 0.1) is 0 Å². The monoisotopic (exact) mass is 451 g/mol. The van der Waals surface area contributed by atoms with Gasteiger partial charge in [-0.1, -0.05) is 22.9 Å². The van der Waals surface area contributed by atoms with Gasteiger partial charge in [0.25, 0.3) is 0 Å². The molecule has 3 rings (SSSR count). The zero-order valence-electron chi connectivity index (χ0n) is 15.5. The maximum absolute atomic E-state index is 13.1. The van der Waals surface area contributed by atoms with Crippen molar-refractivity contribution in [1.29, 1.82) is 0 Å². The fourth-order valence-electron chi connectivity index (χ4n) is 2.91. The standard InChI is InChI=1S/C15H12B3ClF3N5O2S/c1-2-23-8-6(14(20,21)22)5-24-12(26-8)27-9-7(19)25-10(30-9)13(15(16,17)18)3-4-29-11(13)28/h5H,2-4H2,1H3,(H2,23,24,26,27)/t13-/m0/s1. The highest BCUT2D eigenvalue weighted by Gasteiger charge is 2.55. The molecule has 0 saturated carbocycles. The minimum absolute atomic E-state index is 0.0419. The minimum Gasteiger partial charge on any atom is -0.465 e. The predicted molar refractivity (Wildman–Crippen MR) is 109 cm³/mol. The Morgan fingerprint density at radius 2 is 2.03 bits per heavy atom. The Hall–Kier alpha value is -1.95. The molecular formula is C15H12B3ClF3N5O2S. The first-order valence-electron chi connectivity index (χ1n) is 8.56. The fourth-order valence-corrected chi connectivity index (χ4v) is 4.35. The van der Waals surface area contributed by atoms with Crippen LogP contribution in [0.25, 0.3) is 0 Å². The first kappa shape index (κ1) is 22.7. The number of rotatable bonds is 6. The maximum Gasteiger partial charge on any atom is 0.421 e. The summed E-state index contributed by atoms with van der Waals surface area (Å²) in [4.78, 5) is 24.0. The molecule has 1 atom stereocenters. The molecule has 1 aliphatic heterocycles. The summed E-state index contributed by atoms with van der Waals surface area (Å²) in [6.45, 7) is 1.88. The van der Waals surface area contributed by atoms with Crippen LogP contribution in [-0.2, 0) is 21.1 Å². The van der Waals surface area contributed by atoms with Crippen LogP contribution in [-0.4, -0.2) is 57.6 Å². The molecule has 6 radical (unpaired) electrons. The lowest BCUT2D eigenvalue weighted by molar-refractivity contribution is -0.142. The van der Waals surface area contributed by atoms with E-state index < -0.39 is 34.1 Å². The summed E-state index contributed by atoms with van der Waals surface area (Å²) in [6, 6.07) is 0. The highest BCUT2D eigenvalue weighted by atomic mass is 35.5. The molecule has 7 nitrogen and oxygen atoms in total. The van der Waals surface area contributed by atoms with Gasteiger partial charge >= 0.3 is 12.1 Å². The molecule has 1 aliphatic rings. The maximum atomic E-state index is 13.1. The summed E-state index contributed by atoms with van der Waals surface area (Å²) in [6.07, 6.45) is -3.91. The van der Waals surface area contributed by atoms with Crippen molar-refractivity contribution in [1.82, 2.24) is 15.0 Å². The molecule has 0 unspecified atom stereocenters. The average molecular weight is 451 g/mol. The number of nitrogens with one attached hydrogen (secondary N) is 2. The second kappa shape index (κ2) is 7.95. The van der Waals surface area contributed by atoms with Crippen LogP contribution in [0.1, 0.15) is 23.9 Å². The van der Waals surface area contributed by atoms with Gasteiger partial charge in [0.15, 0.2) is 5.15 Å². The Labute approximate surface area is 182 Å². The van der Waals surface area contributed by atoms with E-state index in [0.717, 1.165) is 11.3 Å². The SMILES string of the molecule is [B]C([B])([B])[C@]1(c2nc(Cl)c(Nc3ncc(C(F)(F)F)c(NCC)n3)s2)CCOC1=O. The summed E-state index contributed by atoms with van der Waals surface area (Å²) in [5.74, 6) is -1.31. The molecule has 0 amide bonds. The topological polar surface area (TPSA) is 89.0 Å². The zero-order chi connectivity index (χ0) is 22.3. The van der Waals surface area contributed by atoms with E-state index in [9.17, 15) is 18.0 Å². The third kappa shape index (κ3) is 3.99. The number of carbonyl (C=O) groups is 1. The second-order valence-electron chi connectivity index (χ2n) is 6.47. The first-order valence-corrected chi connectivity index (χ1v) is 9.75. The van der Waals surface area contributed by atoms with E-state index in [2.05, 4.69) is 25.6 Å². The minimum atomic E-state index is -4.63. The highest BCUT2D eigenvalue weighted by molar-refractivity contribution is 7.16. The number of carbonyl (C=O) groups excluding carboxylic acids is 1. The molecule has 2 aromatic heterocycles. The Morgan fingerprint density at radius 3 is 2.57 bits per heavy atom. The molecule has 1 fully saturated rings. The lowest BCUT2D eigenvalue weighted by atomic mass is 9.32. The van der Waals surface area contributed by atoms with Gasteiger partial charge in [-0.15, -0.1) is 5.11 Å². The number of hydrogen-bond acceptors (Lipinski definition) is 8. The Kier molecular flexibility index (Phi) is 6.03. The fraction of sp³-hybridized carbons (Fsp3) is 0.467. The molecule has 2 aromatic rings. The third-order valence-electron chi connectivity index (χ3n) is 4.41.